The van der Waals surface area contributed by atoms with Crippen molar-refractivity contribution in [1.82, 2.24) is 4.90 Å². The molecule has 1 aliphatic rings. The van der Waals surface area contributed by atoms with Crippen LogP contribution in [0.4, 0.5) is 18.0 Å². The molecule has 196 valence electrons. The normalized spacial score (nSPS) is 19.2. The van der Waals surface area contributed by atoms with Crippen LogP contribution in [0.3, 0.4) is 0 Å². The summed E-state index contributed by atoms with van der Waals surface area (Å²) < 4.78 is 72.9. The van der Waals surface area contributed by atoms with E-state index < -0.39 is 40.8 Å². The lowest BCUT2D eigenvalue weighted by Gasteiger charge is -2.50. The maximum Gasteiger partial charge on any atom is 0.534 e. The standard InChI is InChI=1S/C22H30F3NO7SSi/c1-5-35(6-2,7-3)21(4)15-26(13-12-18(21)33-34(30,31)22(23,24)25)20(29)32-14-16-8-10-17(11-9-16)19(27)28/h8-12H,5-7,13-15H2,1-4H3,(H,27,28). The second-order valence-electron chi connectivity index (χ2n) is 8.66. The molecule has 1 unspecified atom stereocenters. The third-order valence-electron chi connectivity index (χ3n) is 7.05. The number of alkyl halides is 3. The molecule has 0 saturated carbocycles. The van der Waals surface area contributed by atoms with E-state index >= 15 is 0 Å². The van der Waals surface area contributed by atoms with Crippen molar-refractivity contribution in [3.05, 3.63) is 47.2 Å². The van der Waals surface area contributed by atoms with Crippen molar-refractivity contribution >= 4 is 30.3 Å². The van der Waals surface area contributed by atoms with Gasteiger partial charge in [0.1, 0.15) is 12.4 Å². The van der Waals surface area contributed by atoms with Crippen LogP contribution in [0.25, 0.3) is 0 Å². The summed E-state index contributed by atoms with van der Waals surface area (Å²) in [5.74, 6) is -1.37. The number of amides is 1. The number of carbonyl (C=O) groups is 2. The first-order valence-corrected chi connectivity index (χ1v) is 15.1. The lowest BCUT2D eigenvalue weighted by Crippen LogP contribution is -2.55. The Morgan fingerprint density at radius 1 is 1.11 bits per heavy atom. The van der Waals surface area contributed by atoms with Gasteiger partial charge in [-0.1, -0.05) is 58.0 Å². The lowest BCUT2D eigenvalue weighted by molar-refractivity contribution is -0.0528. The quantitative estimate of drug-likeness (QED) is 0.257. The molecule has 1 aromatic rings. The molecule has 1 heterocycles. The Balaban J connectivity index is 2.32. The summed E-state index contributed by atoms with van der Waals surface area (Å²) in [6, 6.07) is 7.69. The number of halogens is 3. The molecule has 1 atom stereocenters. The van der Waals surface area contributed by atoms with Crippen LogP contribution >= 0.6 is 0 Å². The molecule has 0 radical (unpaired) electrons. The van der Waals surface area contributed by atoms with Crippen LogP contribution in [-0.2, 0) is 25.6 Å². The number of nitrogens with zero attached hydrogens (tertiary/aromatic N) is 1. The van der Waals surface area contributed by atoms with Crippen molar-refractivity contribution in [1.29, 1.82) is 0 Å². The maximum atomic E-state index is 13.1. The highest BCUT2D eigenvalue weighted by atomic mass is 32.2. The van der Waals surface area contributed by atoms with E-state index in [-0.39, 0.29) is 31.0 Å². The van der Waals surface area contributed by atoms with Crippen LogP contribution in [0, 0.1) is 0 Å². The number of rotatable bonds is 9. The Morgan fingerprint density at radius 2 is 1.66 bits per heavy atom. The van der Waals surface area contributed by atoms with Gasteiger partial charge >= 0.3 is 27.7 Å². The fourth-order valence-electron chi connectivity index (χ4n) is 4.70. The van der Waals surface area contributed by atoms with Gasteiger partial charge in [0.05, 0.1) is 13.6 Å². The fourth-order valence-corrected chi connectivity index (χ4v) is 10.4. The maximum absolute atomic E-state index is 13.1. The third kappa shape index (κ3) is 5.82. The second-order valence-corrected chi connectivity index (χ2v) is 16.0. The van der Waals surface area contributed by atoms with E-state index in [2.05, 4.69) is 4.18 Å². The van der Waals surface area contributed by atoms with Crippen LogP contribution in [0.2, 0.25) is 23.2 Å². The molecular formula is C22H30F3NO7SSi. The Labute approximate surface area is 203 Å². The lowest BCUT2D eigenvalue weighted by atomic mass is 10.0. The number of aromatic carboxylic acids is 1. The first-order chi connectivity index (χ1) is 16.2. The van der Waals surface area contributed by atoms with E-state index in [1.807, 2.05) is 20.8 Å². The Morgan fingerprint density at radius 3 is 2.11 bits per heavy atom. The van der Waals surface area contributed by atoms with Crippen molar-refractivity contribution in [2.45, 2.75) is 63.0 Å². The van der Waals surface area contributed by atoms with Crippen LogP contribution in [0.15, 0.2) is 36.1 Å². The molecule has 0 aromatic heterocycles. The first-order valence-electron chi connectivity index (χ1n) is 11.1. The van der Waals surface area contributed by atoms with Crippen molar-refractivity contribution in [3.63, 3.8) is 0 Å². The minimum Gasteiger partial charge on any atom is -0.478 e. The Hall–Kier alpha value is -2.54. The van der Waals surface area contributed by atoms with Crippen LogP contribution in [-0.4, -0.2) is 57.2 Å². The third-order valence-corrected chi connectivity index (χ3v) is 14.8. The largest absolute Gasteiger partial charge is 0.534 e. The van der Waals surface area contributed by atoms with Crippen LogP contribution in [0.1, 0.15) is 43.6 Å². The molecule has 0 bridgehead atoms. The monoisotopic (exact) mass is 537 g/mol. The fraction of sp³-hybridized carbons (Fsp3) is 0.545. The van der Waals surface area contributed by atoms with Gasteiger partial charge in [0.25, 0.3) is 0 Å². The summed E-state index contributed by atoms with van der Waals surface area (Å²) in [4.78, 5) is 25.1. The molecule has 2 rings (SSSR count). The minimum atomic E-state index is -5.87. The molecule has 0 saturated heterocycles. The molecule has 0 fully saturated rings. The molecule has 0 aliphatic carbocycles. The summed E-state index contributed by atoms with van der Waals surface area (Å²) in [5, 5.41) is 7.86. The van der Waals surface area contributed by atoms with Gasteiger partial charge in [0.2, 0.25) is 0 Å². The summed E-state index contributed by atoms with van der Waals surface area (Å²) in [6.45, 7) is 7.04. The molecule has 1 aromatic carbocycles. The predicted molar refractivity (Wildman–Crippen MR) is 125 cm³/mol. The number of benzene rings is 1. The number of carboxylic acid groups (broad SMARTS) is 1. The number of carboxylic acids is 1. The van der Waals surface area contributed by atoms with Gasteiger partial charge in [-0.3, -0.25) is 0 Å². The number of hydrogen-bond donors (Lipinski definition) is 1. The van der Waals surface area contributed by atoms with Gasteiger partial charge in [0, 0.05) is 18.1 Å². The highest BCUT2D eigenvalue weighted by Gasteiger charge is 2.56. The second kappa shape index (κ2) is 10.6. The van der Waals surface area contributed by atoms with E-state index in [0.29, 0.717) is 23.7 Å². The summed E-state index contributed by atoms with van der Waals surface area (Å²) in [5.41, 5.74) is -4.94. The SMILES string of the molecule is CC[Si](CC)(CC)C1(C)CN(C(=O)OCc2ccc(C(=O)O)cc2)CC=C1OS(=O)(=O)C(F)(F)F. The van der Waals surface area contributed by atoms with E-state index in [0.717, 1.165) is 0 Å². The molecule has 1 amide bonds. The van der Waals surface area contributed by atoms with Crippen molar-refractivity contribution in [2.24, 2.45) is 0 Å². The van der Waals surface area contributed by atoms with Crippen molar-refractivity contribution in [3.8, 4) is 0 Å². The zero-order chi connectivity index (χ0) is 26.7. The number of ether oxygens (including phenoxy) is 1. The van der Waals surface area contributed by atoms with Crippen LogP contribution < -0.4 is 0 Å². The predicted octanol–water partition coefficient (Wildman–Crippen LogP) is 5.36. The van der Waals surface area contributed by atoms with E-state index in [1.54, 1.807) is 6.92 Å². The van der Waals surface area contributed by atoms with Crippen molar-refractivity contribution < 1.29 is 45.2 Å². The molecule has 1 N–H and O–H groups in total. The topological polar surface area (TPSA) is 110 Å². The smallest absolute Gasteiger partial charge is 0.478 e. The Bertz CT molecular complexity index is 1060. The number of carbonyl (C=O) groups excluding carboxylic acids is 1. The van der Waals surface area contributed by atoms with Crippen molar-refractivity contribution in [2.75, 3.05) is 13.1 Å². The summed E-state index contributed by atoms with van der Waals surface area (Å²) in [7, 11) is -8.35. The van der Waals surface area contributed by atoms with Gasteiger partial charge in [-0.15, -0.1) is 0 Å². The molecule has 0 spiro atoms. The zero-order valence-electron chi connectivity index (χ0n) is 20.0. The molecule has 13 heteroatoms. The zero-order valence-corrected chi connectivity index (χ0v) is 21.8. The number of hydrogen-bond acceptors (Lipinski definition) is 6. The van der Waals surface area contributed by atoms with Gasteiger partial charge < -0.3 is 18.9 Å². The summed E-state index contributed by atoms with van der Waals surface area (Å²) >= 11 is 0. The first kappa shape index (κ1) is 28.7. The average Bonchev–Trinajstić information content (AvgIpc) is 2.79. The van der Waals surface area contributed by atoms with E-state index in [4.69, 9.17) is 9.84 Å². The van der Waals surface area contributed by atoms with E-state index in [9.17, 15) is 31.2 Å². The summed E-state index contributed by atoms with van der Waals surface area (Å²) in [6.07, 6.45) is 0.497. The van der Waals surface area contributed by atoms with E-state index in [1.165, 1.54) is 35.2 Å². The van der Waals surface area contributed by atoms with Gasteiger partial charge in [-0.2, -0.15) is 21.6 Å². The minimum absolute atomic E-state index is 0.0509. The average molecular weight is 538 g/mol. The van der Waals surface area contributed by atoms with Crippen LogP contribution in [0.5, 0.6) is 0 Å². The highest BCUT2D eigenvalue weighted by Crippen LogP contribution is 2.54. The molecular weight excluding hydrogens is 507 g/mol. The molecule has 8 nitrogen and oxygen atoms in total. The molecule has 35 heavy (non-hydrogen) atoms. The molecule has 1 aliphatic heterocycles. The van der Waals surface area contributed by atoms with Gasteiger partial charge in [-0.05, 0) is 23.8 Å². The van der Waals surface area contributed by atoms with Gasteiger partial charge in [-0.25, -0.2) is 9.59 Å². The highest BCUT2D eigenvalue weighted by molar-refractivity contribution is 7.87. The Kier molecular flexibility index (Phi) is 8.69. The van der Waals surface area contributed by atoms with Gasteiger partial charge in [0.15, 0.2) is 0 Å².